The molecule has 0 amide bonds. The summed E-state index contributed by atoms with van der Waals surface area (Å²) in [5.74, 6) is -0.407. The van der Waals surface area contributed by atoms with Crippen LogP contribution in [0.4, 0.5) is 11.4 Å². The molecule has 1 unspecified atom stereocenters. The molecule has 5 heteroatoms. The van der Waals surface area contributed by atoms with Crippen LogP contribution >= 0.6 is 0 Å². The molecule has 0 aliphatic carbocycles. The van der Waals surface area contributed by atoms with Gasteiger partial charge in [0.15, 0.2) is 0 Å². The molecule has 1 aliphatic rings. The first-order valence-electron chi connectivity index (χ1n) is 7.02. The molecule has 1 aliphatic heterocycles. The Balaban J connectivity index is 2.21. The Hall–Kier alpha value is -1.75. The van der Waals surface area contributed by atoms with Gasteiger partial charge in [-0.3, -0.25) is 0 Å². The lowest BCUT2D eigenvalue weighted by molar-refractivity contribution is 0.0602. The van der Waals surface area contributed by atoms with Gasteiger partial charge in [-0.2, -0.15) is 0 Å². The lowest BCUT2D eigenvalue weighted by Crippen LogP contribution is -2.29. The van der Waals surface area contributed by atoms with Crippen molar-refractivity contribution in [1.29, 1.82) is 0 Å². The summed E-state index contributed by atoms with van der Waals surface area (Å²) in [7, 11) is 1.36. The van der Waals surface area contributed by atoms with E-state index in [1.807, 2.05) is 6.07 Å². The van der Waals surface area contributed by atoms with Crippen molar-refractivity contribution in [3.63, 3.8) is 0 Å². The van der Waals surface area contributed by atoms with Crippen LogP contribution in [0.15, 0.2) is 18.2 Å². The number of carbonyl (C=O) groups is 1. The van der Waals surface area contributed by atoms with Gasteiger partial charge < -0.3 is 20.5 Å². The van der Waals surface area contributed by atoms with Crippen LogP contribution in [0.25, 0.3) is 0 Å². The van der Waals surface area contributed by atoms with E-state index in [2.05, 4.69) is 4.90 Å². The summed E-state index contributed by atoms with van der Waals surface area (Å²) < 4.78 is 4.76. The van der Waals surface area contributed by atoms with Crippen LogP contribution in [0.1, 0.15) is 36.0 Å². The third kappa shape index (κ3) is 3.04. The van der Waals surface area contributed by atoms with Crippen LogP contribution in [0.3, 0.4) is 0 Å². The average Bonchev–Trinajstić information content (AvgIpc) is 2.93. The summed E-state index contributed by atoms with van der Waals surface area (Å²) >= 11 is 0. The van der Waals surface area contributed by atoms with Crippen molar-refractivity contribution in [2.45, 2.75) is 31.7 Å². The molecule has 1 heterocycles. The Morgan fingerprint density at radius 1 is 1.55 bits per heavy atom. The molecular weight excluding hydrogens is 256 g/mol. The molecular formula is C15H22N2O3. The van der Waals surface area contributed by atoms with Crippen LogP contribution in [0.5, 0.6) is 0 Å². The second-order valence-corrected chi connectivity index (χ2v) is 5.12. The first kappa shape index (κ1) is 14.7. The van der Waals surface area contributed by atoms with E-state index in [9.17, 15) is 4.79 Å². The summed E-state index contributed by atoms with van der Waals surface area (Å²) in [5, 5.41) is 8.97. The molecule has 1 saturated heterocycles. The van der Waals surface area contributed by atoms with Gasteiger partial charge in [0.25, 0.3) is 0 Å². The third-order valence-corrected chi connectivity index (χ3v) is 3.85. The second-order valence-electron chi connectivity index (χ2n) is 5.12. The molecule has 1 aromatic carbocycles. The molecule has 0 aromatic heterocycles. The highest BCUT2D eigenvalue weighted by Crippen LogP contribution is 2.30. The number of benzene rings is 1. The van der Waals surface area contributed by atoms with E-state index >= 15 is 0 Å². The molecule has 1 atom stereocenters. The Morgan fingerprint density at radius 2 is 2.35 bits per heavy atom. The van der Waals surface area contributed by atoms with Crippen LogP contribution in [0.2, 0.25) is 0 Å². The second kappa shape index (κ2) is 6.61. The number of aliphatic hydroxyl groups is 1. The Labute approximate surface area is 119 Å². The van der Waals surface area contributed by atoms with E-state index in [0.717, 1.165) is 37.9 Å². The first-order valence-corrected chi connectivity index (χ1v) is 7.02. The van der Waals surface area contributed by atoms with E-state index in [1.165, 1.54) is 7.11 Å². The molecule has 0 saturated carbocycles. The van der Waals surface area contributed by atoms with Crippen LogP contribution in [0, 0.1) is 0 Å². The number of rotatable bonds is 5. The molecule has 20 heavy (non-hydrogen) atoms. The quantitative estimate of drug-likeness (QED) is 0.634. The highest BCUT2D eigenvalue weighted by molar-refractivity contribution is 5.96. The number of nitrogen functional groups attached to an aromatic ring is 1. The predicted molar refractivity (Wildman–Crippen MR) is 78.9 cm³/mol. The van der Waals surface area contributed by atoms with Gasteiger partial charge in [-0.25, -0.2) is 4.79 Å². The van der Waals surface area contributed by atoms with Gasteiger partial charge in [0.2, 0.25) is 0 Å². The van der Waals surface area contributed by atoms with Crippen molar-refractivity contribution in [2.24, 2.45) is 0 Å². The smallest absolute Gasteiger partial charge is 0.340 e. The Morgan fingerprint density at radius 3 is 3.05 bits per heavy atom. The van der Waals surface area contributed by atoms with Gasteiger partial charge in [0.05, 0.1) is 12.7 Å². The zero-order chi connectivity index (χ0) is 14.5. The van der Waals surface area contributed by atoms with Crippen molar-refractivity contribution in [1.82, 2.24) is 0 Å². The summed E-state index contributed by atoms with van der Waals surface area (Å²) in [4.78, 5) is 14.0. The maximum Gasteiger partial charge on any atom is 0.340 e. The molecule has 0 bridgehead atoms. The number of carbonyl (C=O) groups excluding carboxylic acids is 1. The fourth-order valence-corrected chi connectivity index (χ4v) is 2.81. The zero-order valence-electron chi connectivity index (χ0n) is 11.8. The highest BCUT2D eigenvalue weighted by Gasteiger charge is 2.25. The number of hydrogen-bond donors (Lipinski definition) is 2. The van der Waals surface area contributed by atoms with Gasteiger partial charge in [0, 0.05) is 30.6 Å². The number of nitrogens with two attached hydrogens (primary N) is 1. The minimum Gasteiger partial charge on any atom is -0.465 e. The average molecular weight is 278 g/mol. The molecule has 0 radical (unpaired) electrons. The van der Waals surface area contributed by atoms with Crippen molar-refractivity contribution >= 4 is 17.3 Å². The largest absolute Gasteiger partial charge is 0.465 e. The van der Waals surface area contributed by atoms with E-state index < -0.39 is 5.97 Å². The van der Waals surface area contributed by atoms with E-state index in [4.69, 9.17) is 15.6 Å². The van der Waals surface area contributed by atoms with Crippen molar-refractivity contribution < 1.29 is 14.6 Å². The Kier molecular flexibility index (Phi) is 4.84. The lowest BCUT2D eigenvalue weighted by atomic mass is 10.1. The summed E-state index contributed by atoms with van der Waals surface area (Å²) in [5.41, 5.74) is 7.68. The first-order chi connectivity index (χ1) is 9.67. The standard InChI is InChI=1S/C15H22N2O3/c1-20-15(19)13-10-12(6-7-14(13)16)17-8-2-4-11(17)5-3-9-18/h6-7,10-11,18H,2-5,8-9,16H2,1H3. The number of hydrogen-bond acceptors (Lipinski definition) is 5. The van der Waals surface area contributed by atoms with Crippen LogP contribution < -0.4 is 10.6 Å². The van der Waals surface area contributed by atoms with Gasteiger partial charge in [0.1, 0.15) is 0 Å². The van der Waals surface area contributed by atoms with E-state index in [1.54, 1.807) is 12.1 Å². The monoisotopic (exact) mass is 278 g/mol. The molecule has 1 fully saturated rings. The van der Waals surface area contributed by atoms with E-state index in [-0.39, 0.29) is 6.61 Å². The van der Waals surface area contributed by atoms with Crippen LogP contribution in [-0.4, -0.2) is 37.4 Å². The number of ether oxygens (including phenoxy) is 1. The molecule has 110 valence electrons. The fraction of sp³-hybridized carbons (Fsp3) is 0.533. The molecule has 3 N–H and O–H groups in total. The number of aliphatic hydroxyl groups excluding tert-OH is 1. The molecule has 2 rings (SSSR count). The number of methoxy groups -OCH3 is 1. The minimum absolute atomic E-state index is 0.222. The van der Waals surface area contributed by atoms with Gasteiger partial charge in [-0.15, -0.1) is 0 Å². The highest BCUT2D eigenvalue weighted by atomic mass is 16.5. The lowest BCUT2D eigenvalue weighted by Gasteiger charge is -2.27. The maximum absolute atomic E-state index is 11.7. The maximum atomic E-state index is 11.7. The topological polar surface area (TPSA) is 75.8 Å². The number of anilines is 2. The summed E-state index contributed by atoms with van der Waals surface area (Å²) in [6, 6.07) is 5.93. The minimum atomic E-state index is -0.407. The predicted octanol–water partition coefficient (Wildman–Crippen LogP) is 1.80. The summed E-state index contributed by atoms with van der Waals surface area (Å²) in [6.07, 6.45) is 4.03. The van der Waals surface area contributed by atoms with Crippen molar-refractivity contribution in [2.75, 3.05) is 30.9 Å². The van der Waals surface area contributed by atoms with Crippen LogP contribution in [-0.2, 0) is 4.74 Å². The molecule has 1 aromatic rings. The van der Waals surface area contributed by atoms with Crippen molar-refractivity contribution in [3.05, 3.63) is 23.8 Å². The van der Waals surface area contributed by atoms with Gasteiger partial charge in [-0.1, -0.05) is 0 Å². The normalized spacial score (nSPS) is 18.3. The SMILES string of the molecule is COC(=O)c1cc(N2CCCC2CCCO)ccc1N. The molecule has 0 spiro atoms. The number of esters is 1. The van der Waals surface area contributed by atoms with Crippen molar-refractivity contribution in [3.8, 4) is 0 Å². The summed E-state index contributed by atoms with van der Waals surface area (Å²) in [6.45, 7) is 1.19. The zero-order valence-corrected chi connectivity index (χ0v) is 11.8. The van der Waals surface area contributed by atoms with Gasteiger partial charge in [-0.05, 0) is 43.9 Å². The Bertz CT molecular complexity index is 476. The molecule has 5 nitrogen and oxygen atoms in total. The van der Waals surface area contributed by atoms with Gasteiger partial charge >= 0.3 is 5.97 Å². The number of nitrogens with zero attached hydrogens (tertiary/aromatic N) is 1. The van der Waals surface area contributed by atoms with E-state index in [0.29, 0.717) is 17.3 Å². The fourth-order valence-electron chi connectivity index (χ4n) is 2.81. The third-order valence-electron chi connectivity index (χ3n) is 3.85.